The molecular weight excluding hydrogens is 383 g/mol. The zero-order chi connectivity index (χ0) is 21.1. The Bertz CT molecular complexity index is 993. The molecule has 30 heavy (non-hydrogen) atoms. The minimum atomic E-state index is -0.273. The summed E-state index contributed by atoms with van der Waals surface area (Å²) in [5.74, 6) is 0.129. The van der Waals surface area contributed by atoms with Crippen LogP contribution in [0.15, 0.2) is 48.5 Å². The number of aromatic nitrogens is 4. The van der Waals surface area contributed by atoms with Crippen molar-refractivity contribution in [3.05, 3.63) is 76.9 Å². The summed E-state index contributed by atoms with van der Waals surface area (Å²) in [6.07, 6.45) is 1.44. The molecule has 1 aliphatic rings. The van der Waals surface area contributed by atoms with Gasteiger partial charge in [0, 0.05) is 5.92 Å². The fourth-order valence-corrected chi connectivity index (χ4v) is 4.00. The molecule has 2 heterocycles. The van der Waals surface area contributed by atoms with Crippen molar-refractivity contribution in [2.75, 3.05) is 13.1 Å². The lowest BCUT2D eigenvalue weighted by Gasteiger charge is -2.36. The van der Waals surface area contributed by atoms with E-state index in [1.54, 1.807) is 16.8 Å². The minimum absolute atomic E-state index is 0.0878. The number of rotatable bonds is 6. The fourth-order valence-electron chi connectivity index (χ4n) is 4.00. The van der Waals surface area contributed by atoms with Crippen molar-refractivity contribution in [3.8, 4) is 0 Å². The Labute approximate surface area is 174 Å². The van der Waals surface area contributed by atoms with Crippen LogP contribution in [0.1, 0.15) is 41.4 Å². The average molecular weight is 408 g/mol. The third-order valence-electron chi connectivity index (χ3n) is 5.74. The summed E-state index contributed by atoms with van der Waals surface area (Å²) < 4.78 is 15.0. The number of primary amides is 1. The molecule has 156 valence electrons. The number of likely N-dealkylation sites (tertiary alicyclic amines) is 1. The molecule has 4 rings (SSSR count). The predicted molar refractivity (Wildman–Crippen MR) is 110 cm³/mol. The standard InChI is InChI=1S/C22H25FN6O/c1-15-2-6-17(7-3-15)20(28-12-10-18(11-13-28)21(24)30)22-25-26-27-29(22)14-16-4-8-19(23)9-5-16/h2-9,18,20H,10-14H2,1H3,(H2,24,30). The summed E-state index contributed by atoms with van der Waals surface area (Å²) in [6, 6.07) is 14.5. The maximum atomic E-state index is 13.3. The molecule has 1 saturated heterocycles. The number of amides is 1. The van der Waals surface area contributed by atoms with Crippen molar-refractivity contribution < 1.29 is 9.18 Å². The molecule has 0 radical (unpaired) electrons. The van der Waals surface area contributed by atoms with Crippen molar-refractivity contribution in [1.29, 1.82) is 0 Å². The van der Waals surface area contributed by atoms with E-state index < -0.39 is 0 Å². The molecule has 7 nitrogen and oxygen atoms in total. The zero-order valence-electron chi connectivity index (χ0n) is 16.9. The van der Waals surface area contributed by atoms with Gasteiger partial charge in [-0.3, -0.25) is 9.69 Å². The summed E-state index contributed by atoms with van der Waals surface area (Å²) in [4.78, 5) is 13.9. The lowest BCUT2D eigenvalue weighted by Crippen LogP contribution is -2.41. The van der Waals surface area contributed by atoms with Crippen LogP contribution in [-0.2, 0) is 11.3 Å². The molecule has 0 bridgehead atoms. The van der Waals surface area contributed by atoms with E-state index in [-0.39, 0.29) is 23.7 Å². The molecule has 0 spiro atoms. The first-order chi connectivity index (χ1) is 14.5. The number of aryl methyl sites for hydroxylation is 1. The van der Waals surface area contributed by atoms with Crippen molar-refractivity contribution in [2.24, 2.45) is 11.7 Å². The van der Waals surface area contributed by atoms with E-state index in [0.717, 1.165) is 42.9 Å². The van der Waals surface area contributed by atoms with Gasteiger partial charge in [-0.1, -0.05) is 42.0 Å². The van der Waals surface area contributed by atoms with Gasteiger partial charge in [0.05, 0.1) is 12.6 Å². The molecule has 1 aliphatic heterocycles. The molecule has 2 N–H and O–H groups in total. The van der Waals surface area contributed by atoms with Gasteiger partial charge in [-0.15, -0.1) is 5.10 Å². The van der Waals surface area contributed by atoms with Crippen LogP contribution >= 0.6 is 0 Å². The van der Waals surface area contributed by atoms with Crippen LogP contribution in [0.2, 0.25) is 0 Å². The maximum Gasteiger partial charge on any atom is 0.220 e. The number of halogens is 1. The minimum Gasteiger partial charge on any atom is -0.369 e. The first-order valence-corrected chi connectivity index (χ1v) is 10.1. The summed E-state index contributed by atoms with van der Waals surface area (Å²) in [7, 11) is 0. The van der Waals surface area contributed by atoms with E-state index in [4.69, 9.17) is 5.73 Å². The normalized spacial score (nSPS) is 16.5. The van der Waals surface area contributed by atoms with Crippen LogP contribution in [0.4, 0.5) is 4.39 Å². The monoisotopic (exact) mass is 408 g/mol. The van der Waals surface area contributed by atoms with Crippen LogP contribution in [0.25, 0.3) is 0 Å². The number of benzene rings is 2. The second kappa shape index (κ2) is 8.71. The SMILES string of the molecule is Cc1ccc(C(c2nnnn2Cc2ccc(F)cc2)N2CCC(C(N)=O)CC2)cc1. The quantitative estimate of drug-likeness (QED) is 0.677. The zero-order valence-corrected chi connectivity index (χ0v) is 16.9. The molecule has 0 saturated carbocycles. The molecule has 1 amide bonds. The highest BCUT2D eigenvalue weighted by Crippen LogP contribution is 2.31. The van der Waals surface area contributed by atoms with Crippen molar-refractivity contribution in [1.82, 2.24) is 25.1 Å². The van der Waals surface area contributed by atoms with Gasteiger partial charge in [0.15, 0.2) is 5.82 Å². The summed E-state index contributed by atoms with van der Waals surface area (Å²) in [6.45, 7) is 3.96. The molecule has 1 unspecified atom stereocenters. The van der Waals surface area contributed by atoms with Crippen molar-refractivity contribution in [3.63, 3.8) is 0 Å². The second-order valence-electron chi connectivity index (χ2n) is 7.85. The number of hydrogen-bond donors (Lipinski definition) is 1. The molecule has 1 fully saturated rings. The molecular formula is C22H25FN6O. The predicted octanol–water partition coefficient (Wildman–Crippen LogP) is 2.46. The summed E-state index contributed by atoms with van der Waals surface area (Å²) in [5.41, 5.74) is 8.70. The third kappa shape index (κ3) is 4.38. The highest BCUT2D eigenvalue weighted by atomic mass is 19.1. The van der Waals surface area contributed by atoms with E-state index in [1.807, 2.05) is 0 Å². The highest BCUT2D eigenvalue weighted by Gasteiger charge is 2.32. The van der Waals surface area contributed by atoms with Gasteiger partial charge in [0.2, 0.25) is 5.91 Å². The maximum absolute atomic E-state index is 13.3. The van der Waals surface area contributed by atoms with Crippen molar-refractivity contribution in [2.45, 2.75) is 32.4 Å². The van der Waals surface area contributed by atoms with Crippen LogP contribution in [0.3, 0.4) is 0 Å². The fraction of sp³-hybridized carbons (Fsp3) is 0.364. The Kier molecular flexibility index (Phi) is 5.85. The van der Waals surface area contributed by atoms with Crippen molar-refractivity contribution >= 4 is 5.91 Å². The van der Waals surface area contributed by atoms with Gasteiger partial charge < -0.3 is 5.73 Å². The number of nitrogens with two attached hydrogens (primary N) is 1. The number of hydrogen-bond acceptors (Lipinski definition) is 5. The van der Waals surface area contributed by atoms with Gasteiger partial charge in [-0.25, -0.2) is 9.07 Å². The lowest BCUT2D eigenvalue weighted by molar-refractivity contribution is -0.123. The molecule has 8 heteroatoms. The third-order valence-corrected chi connectivity index (χ3v) is 5.74. The Morgan fingerprint density at radius 2 is 1.80 bits per heavy atom. The smallest absolute Gasteiger partial charge is 0.220 e. The number of nitrogens with zero attached hydrogens (tertiary/aromatic N) is 5. The Balaban J connectivity index is 1.65. The lowest BCUT2D eigenvalue weighted by atomic mass is 9.93. The molecule has 1 atom stereocenters. The average Bonchev–Trinajstić information content (AvgIpc) is 3.19. The highest BCUT2D eigenvalue weighted by molar-refractivity contribution is 5.76. The second-order valence-corrected chi connectivity index (χ2v) is 7.85. The van der Waals surface area contributed by atoms with Gasteiger partial charge >= 0.3 is 0 Å². The Morgan fingerprint density at radius 3 is 2.43 bits per heavy atom. The Morgan fingerprint density at radius 1 is 1.13 bits per heavy atom. The molecule has 3 aromatic rings. The molecule has 2 aromatic carbocycles. The first-order valence-electron chi connectivity index (χ1n) is 10.1. The number of piperidine rings is 1. The van der Waals surface area contributed by atoms with Gasteiger partial charge in [-0.2, -0.15) is 0 Å². The van der Waals surface area contributed by atoms with E-state index in [0.29, 0.717) is 6.54 Å². The van der Waals surface area contributed by atoms with Crippen LogP contribution in [0, 0.1) is 18.7 Å². The van der Waals surface area contributed by atoms with Crippen LogP contribution in [0.5, 0.6) is 0 Å². The van der Waals surface area contributed by atoms with Gasteiger partial charge in [0.1, 0.15) is 5.82 Å². The largest absolute Gasteiger partial charge is 0.369 e. The summed E-state index contributed by atoms with van der Waals surface area (Å²) in [5, 5.41) is 12.5. The van der Waals surface area contributed by atoms with Gasteiger partial charge in [0.25, 0.3) is 0 Å². The summed E-state index contributed by atoms with van der Waals surface area (Å²) >= 11 is 0. The van der Waals surface area contributed by atoms with Crippen LogP contribution in [-0.4, -0.2) is 44.1 Å². The number of carbonyl (C=O) groups excluding carboxylic acids is 1. The first kappa shape index (κ1) is 20.2. The van der Waals surface area contributed by atoms with E-state index >= 15 is 0 Å². The van der Waals surface area contributed by atoms with E-state index in [2.05, 4.69) is 51.6 Å². The molecule has 0 aliphatic carbocycles. The van der Waals surface area contributed by atoms with Gasteiger partial charge in [-0.05, 0) is 66.5 Å². The van der Waals surface area contributed by atoms with E-state index in [9.17, 15) is 9.18 Å². The van der Waals surface area contributed by atoms with E-state index in [1.165, 1.54) is 17.7 Å². The topological polar surface area (TPSA) is 89.9 Å². The Hall–Kier alpha value is -3.13. The molecule has 1 aromatic heterocycles. The number of tetrazole rings is 1. The van der Waals surface area contributed by atoms with Crippen LogP contribution < -0.4 is 5.73 Å². The number of carbonyl (C=O) groups is 1.